The maximum Gasteiger partial charge on any atom is 0.228 e. The number of aromatic nitrogens is 1. The number of fused-ring (bicyclic) bond motifs is 1. The number of carbonyl (C=O) groups is 1. The molecule has 2 atom stereocenters. The molecule has 0 aromatic carbocycles. The monoisotopic (exact) mass is 262 g/mol. The van der Waals surface area contributed by atoms with E-state index in [0.29, 0.717) is 0 Å². The van der Waals surface area contributed by atoms with Crippen LogP contribution < -0.4 is 15.9 Å². The molecule has 3 aliphatic rings. The van der Waals surface area contributed by atoms with Crippen molar-refractivity contribution in [2.24, 2.45) is 5.92 Å². The van der Waals surface area contributed by atoms with E-state index in [1.54, 1.807) is 6.20 Å². The van der Waals surface area contributed by atoms with Crippen LogP contribution in [0.5, 0.6) is 0 Å². The summed E-state index contributed by atoms with van der Waals surface area (Å²) in [5, 5.41) is 5.18. The van der Waals surface area contributed by atoms with E-state index in [-0.39, 0.29) is 11.8 Å². The molecule has 1 aromatic rings. The van der Waals surface area contributed by atoms with Crippen molar-refractivity contribution in [3.63, 3.8) is 0 Å². The summed E-state index contributed by atoms with van der Waals surface area (Å²) in [5.41, 5.74) is 1.68. The summed E-state index contributed by atoms with van der Waals surface area (Å²) in [7, 11) is 0. The minimum Gasteiger partial charge on any atom is -0.339 e. The summed E-state index contributed by atoms with van der Waals surface area (Å²) in [4.78, 5) is 16.7. The second-order valence-corrected chi connectivity index (χ2v) is 5.38. The Morgan fingerprint density at radius 3 is 3.10 bits per heavy atom. The van der Waals surface area contributed by atoms with E-state index in [1.807, 2.05) is 31.2 Å². The molecule has 0 radical (unpaired) electrons. The van der Waals surface area contributed by atoms with Gasteiger partial charge in [0.15, 0.2) is 0 Å². The molecule has 3 heteroatoms. The summed E-state index contributed by atoms with van der Waals surface area (Å²) in [5.74, 6) is -0.0691. The number of nitrogens with one attached hydrogen (secondary N) is 1. The van der Waals surface area contributed by atoms with Gasteiger partial charge in [-0.2, -0.15) is 0 Å². The molecular formula is C17H14N2O. The topological polar surface area (TPSA) is 42.0 Å². The normalized spacial score (nSPS) is 29.6. The van der Waals surface area contributed by atoms with Gasteiger partial charge in [-0.3, -0.25) is 9.78 Å². The molecule has 4 rings (SSSR count). The third kappa shape index (κ3) is 1.29. The van der Waals surface area contributed by atoms with Gasteiger partial charge >= 0.3 is 0 Å². The Kier molecular flexibility index (Phi) is 2.16. The average Bonchev–Trinajstić information content (AvgIpc) is 2.61. The number of carbonyl (C=O) groups excluding carboxylic acids is 1. The van der Waals surface area contributed by atoms with Crippen molar-refractivity contribution in [3.8, 4) is 0 Å². The SMILES string of the molecule is CC1C(=O)NC23C=CC=CC=C2C=c2ncccc2=C13. The second-order valence-electron chi connectivity index (χ2n) is 5.38. The van der Waals surface area contributed by atoms with Crippen LogP contribution in [0.4, 0.5) is 0 Å². The number of rotatable bonds is 0. The largest absolute Gasteiger partial charge is 0.339 e. The van der Waals surface area contributed by atoms with Crippen molar-refractivity contribution < 1.29 is 4.79 Å². The van der Waals surface area contributed by atoms with Crippen molar-refractivity contribution in [2.75, 3.05) is 0 Å². The fourth-order valence-corrected chi connectivity index (χ4v) is 3.37. The first-order valence-corrected chi connectivity index (χ1v) is 6.78. The van der Waals surface area contributed by atoms with Crippen LogP contribution >= 0.6 is 0 Å². The van der Waals surface area contributed by atoms with Crippen LogP contribution in [0.1, 0.15) is 6.92 Å². The van der Waals surface area contributed by atoms with Gasteiger partial charge in [0.2, 0.25) is 5.91 Å². The molecule has 1 amide bonds. The maximum absolute atomic E-state index is 12.3. The van der Waals surface area contributed by atoms with Crippen LogP contribution in [-0.2, 0) is 4.79 Å². The van der Waals surface area contributed by atoms with Gasteiger partial charge in [0, 0.05) is 11.4 Å². The average molecular weight is 262 g/mol. The summed E-state index contributed by atoms with van der Waals surface area (Å²) >= 11 is 0. The Morgan fingerprint density at radius 2 is 2.20 bits per heavy atom. The Balaban J connectivity index is 2.20. The van der Waals surface area contributed by atoms with Crippen molar-refractivity contribution >= 4 is 17.6 Å². The lowest BCUT2D eigenvalue weighted by Crippen LogP contribution is -2.49. The molecule has 1 saturated heterocycles. The standard InChI is InChI=1S/C17H14N2O/c1-11-15-13-7-5-9-18-14(13)10-12-6-3-2-4-8-17(12,15)19-16(11)20/h2-11H,1H3,(H,19,20). The molecule has 1 N–H and O–H groups in total. The molecule has 2 heterocycles. The molecule has 1 spiro atoms. The zero-order chi connectivity index (χ0) is 13.7. The molecular weight excluding hydrogens is 248 g/mol. The van der Waals surface area contributed by atoms with E-state index in [1.165, 1.54) is 0 Å². The van der Waals surface area contributed by atoms with E-state index in [4.69, 9.17) is 0 Å². The van der Waals surface area contributed by atoms with Gasteiger partial charge < -0.3 is 5.32 Å². The summed E-state index contributed by atoms with van der Waals surface area (Å²) in [6.45, 7) is 1.96. The van der Waals surface area contributed by atoms with Crippen molar-refractivity contribution in [1.82, 2.24) is 10.3 Å². The van der Waals surface area contributed by atoms with Gasteiger partial charge in [-0.15, -0.1) is 0 Å². The molecule has 98 valence electrons. The lowest BCUT2D eigenvalue weighted by molar-refractivity contribution is -0.121. The van der Waals surface area contributed by atoms with Crippen LogP contribution in [0.25, 0.3) is 11.6 Å². The smallest absolute Gasteiger partial charge is 0.228 e. The number of hydrogen-bond donors (Lipinski definition) is 1. The lowest BCUT2D eigenvalue weighted by Gasteiger charge is -2.31. The summed E-state index contributed by atoms with van der Waals surface area (Å²) in [6.07, 6.45) is 14.0. The molecule has 2 unspecified atom stereocenters. The summed E-state index contributed by atoms with van der Waals surface area (Å²) < 4.78 is 0. The predicted octanol–water partition coefficient (Wildman–Crippen LogP) is 0.583. The minimum atomic E-state index is -0.504. The van der Waals surface area contributed by atoms with E-state index in [9.17, 15) is 4.79 Å². The van der Waals surface area contributed by atoms with E-state index < -0.39 is 5.54 Å². The highest BCUT2D eigenvalue weighted by Crippen LogP contribution is 2.41. The maximum atomic E-state index is 12.3. The number of hydrogen-bond acceptors (Lipinski definition) is 2. The third-order valence-corrected chi connectivity index (χ3v) is 4.29. The first kappa shape index (κ1) is 11.4. The van der Waals surface area contributed by atoms with Crippen LogP contribution in [0.3, 0.4) is 0 Å². The Morgan fingerprint density at radius 1 is 1.30 bits per heavy atom. The molecule has 1 aromatic heterocycles. The van der Waals surface area contributed by atoms with Crippen molar-refractivity contribution in [3.05, 3.63) is 64.9 Å². The third-order valence-electron chi connectivity index (χ3n) is 4.29. The highest BCUT2D eigenvalue weighted by molar-refractivity contribution is 6.01. The Labute approximate surface area is 116 Å². The summed E-state index contributed by atoms with van der Waals surface area (Å²) in [6, 6.07) is 3.98. The molecule has 1 fully saturated rings. The van der Waals surface area contributed by atoms with Crippen LogP contribution in [0.2, 0.25) is 0 Å². The number of nitrogens with zero attached hydrogens (tertiary/aromatic N) is 1. The first-order valence-electron chi connectivity index (χ1n) is 6.78. The number of amides is 1. The van der Waals surface area contributed by atoms with Crippen LogP contribution in [0, 0.1) is 5.92 Å². The van der Waals surface area contributed by atoms with Gasteiger partial charge in [-0.1, -0.05) is 36.4 Å². The van der Waals surface area contributed by atoms with Crippen LogP contribution in [-0.4, -0.2) is 16.4 Å². The predicted molar refractivity (Wildman–Crippen MR) is 77.8 cm³/mol. The van der Waals surface area contributed by atoms with E-state index in [0.717, 1.165) is 21.7 Å². The molecule has 2 aliphatic carbocycles. The van der Waals surface area contributed by atoms with Gasteiger partial charge in [0.1, 0.15) is 5.54 Å². The van der Waals surface area contributed by atoms with Crippen molar-refractivity contribution in [2.45, 2.75) is 12.5 Å². The Hall–Kier alpha value is -2.42. The van der Waals surface area contributed by atoms with E-state index >= 15 is 0 Å². The molecule has 0 saturated carbocycles. The number of allylic oxidation sites excluding steroid dienone is 4. The fourth-order valence-electron chi connectivity index (χ4n) is 3.37. The quantitative estimate of drug-likeness (QED) is 0.743. The zero-order valence-corrected chi connectivity index (χ0v) is 11.1. The molecule has 0 bridgehead atoms. The van der Waals surface area contributed by atoms with Gasteiger partial charge in [-0.05, 0) is 30.2 Å². The lowest BCUT2D eigenvalue weighted by atomic mass is 9.76. The van der Waals surface area contributed by atoms with E-state index in [2.05, 4.69) is 34.6 Å². The minimum absolute atomic E-state index is 0.0718. The van der Waals surface area contributed by atoms with Gasteiger partial charge in [0.25, 0.3) is 0 Å². The molecule has 3 nitrogen and oxygen atoms in total. The van der Waals surface area contributed by atoms with Crippen molar-refractivity contribution in [1.29, 1.82) is 0 Å². The van der Waals surface area contributed by atoms with Gasteiger partial charge in [-0.25, -0.2) is 0 Å². The molecule has 1 aliphatic heterocycles. The second kappa shape index (κ2) is 3.79. The highest BCUT2D eigenvalue weighted by Gasteiger charge is 2.48. The van der Waals surface area contributed by atoms with Gasteiger partial charge in [0.05, 0.1) is 11.3 Å². The first-order chi connectivity index (χ1) is 9.72. The Bertz CT molecular complexity index is 829. The zero-order valence-electron chi connectivity index (χ0n) is 11.1. The highest BCUT2D eigenvalue weighted by atomic mass is 16.2. The van der Waals surface area contributed by atoms with Crippen LogP contribution in [0.15, 0.2) is 54.3 Å². The molecule has 20 heavy (non-hydrogen) atoms. The fraction of sp³-hybridized carbons (Fsp3) is 0.176. The number of pyridine rings is 1.